The average molecular weight is 417 g/mol. The molecule has 160 valence electrons. The zero-order valence-corrected chi connectivity index (χ0v) is 17.9. The van der Waals surface area contributed by atoms with Crippen molar-refractivity contribution in [1.29, 1.82) is 0 Å². The summed E-state index contributed by atoms with van der Waals surface area (Å²) in [5.41, 5.74) is 3.98. The number of carbonyl (C=O) groups excluding carboxylic acids is 1. The largest absolute Gasteiger partial charge is 0.497 e. The van der Waals surface area contributed by atoms with Gasteiger partial charge in [0.1, 0.15) is 11.4 Å². The number of anilines is 1. The van der Waals surface area contributed by atoms with E-state index in [0.717, 1.165) is 61.5 Å². The van der Waals surface area contributed by atoms with Crippen LogP contribution >= 0.6 is 0 Å². The number of benzene rings is 2. The molecule has 1 unspecified atom stereocenters. The summed E-state index contributed by atoms with van der Waals surface area (Å²) in [4.78, 5) is 21.6. The minimum Gasteiger partial charge on any atom is -0.497 e. The van der Waals surface area contributed by atoms with Gasteiger partial charge < -0.3 is 19.9 Å². The van der Waals surface area contributed by atoms with Crippen LogP contribution in [0.1, 0.15) is 28.9 Å². The van der Waals surface area contributed by atoms with Gasteiger partial charge in [-0.15, -0.1) is 0 Å². The lowest BCUT2D eigenvalue weighted by Gasteiger charge is -2.28. The number of carbonyl (C=O) groups is 1. The van der Waals surface area contributed by atoms with Crippen LogP contribution in [-0.2, 0) is 5.41 Å². The van der Waals surface area contributed by atoms with Crippen molar-refractivity contribution in [2.45, 2.75) is 24.3 Å². The first-order valence-electron chi connectivity index (χ1n) is 11.2. The number of likely N-dealkylation sites (tertiary alicyclic amines) is 1. The molecule has 6 rings (SSSR count). The molecule has 2 atom stereocenters. The Balaban J connectivity index is 1.33. The number of hydrogen-bond donors (Lipinski definition) is 2. The van der Waals surface area contributed by atoms with Crippen molar-refractivity contribution in [1.82, 2.24) is 15.2 Å². The van der Waals surface area contributed by atoms with Crippen LogP contribution in [0, 0.1) is 0 Å². The summed E-state index contributed by atoms with van der Waals surface area (Å²) < 4.78 is 5.33. The topological polar surface area (TPSA) is 60.6 Å². The maximum absolute atomic E-state index is 13.7. The SMILES string of the molecule is COc1ccc2cc(C(=O)N3C[C@@]4(CCN(C5CCNC5)C4)c4ccccc43)[nH]c2c1. The minimum atomic E-state index is 0.0318. The Hall–Kier alpha value is -2.83. The number of fused-ring (bicyclic) bond motifs is 3. The zero-order valence-electron chi connectivity index (χ0n) is 17.9. The predicted molar refractivity (Wildman–Crippen MR) is 122 cm³/mol. The first-order valence-corrected chi connectivity index (χ1v) is 11.2. The Morgan fingerprint density at radius 2 is 2.06 bits per heavy atom. The van der Waals surface area contributed by atoms with E-state index < -0.39 is 0 Å². The summed E-state index contributed by atoms with van der Waals surface area (Å²) in [6, 6.07) is 16.9. The molecule has 2 saturated heterocycles. The summed E-state index contributed by atoms with van der Waals surface area (Å²) in [6.45, 7) is 5.08. The van der Waals surface area contributed by atoms with Crippen molar-refractivity contribution in [3.05, 3.63) is 59.8 Å². The van der Waals surface area contributed by atoms with Crippen LogP contribution in [-0.4, -0.2) is 61.7 Å². The molecule has 6 nitrogen and oxygen atoms in total. The molecule has 0 bridgehead atoms. The molecule has 0 radical (unpaired) electrons. The zero-order chi connectivity index (χ0) is 21.0. The third-order valence-electron chi connectivity index (χ3n) is 7.47. The molecular formula is C25H28N4O2. The lowest BCUT2D eigenvalue weighted by molar-refractivity contribution is 0.0980. The highest BCUT2D eigenvalue weighted by Crippen LogP contribution is 2.47. The van der Waals surface area contributed by atoms with Crippen molar-refractivity contribution < 1.29 is 9.53 Å². The summed E-state index contributed by atoms with van der Waals surface area (Å²) in [6.07, 6.45) is 2.33. The van der Waals surface area contributed by atoms with Crippen molar-refractivity contribution in [3.8, 4) is 5.75 Å². The van der Waals surface area contributed by atoms with E-state index in [4.69, 9.17) is 4.74 Å². The van der Waals surface area contributed by atoms with Gasteiger partial charge in [-0.25, -0.2) is 0 Å². The molecule has 31 heavy (non-hydrogen) atoms. The second-order valence-electron chi connectivity index (χ2n) is 9.19. The van der Waals surface area contributed by atoms with Gasteiger partial charge in [-0.1, -0.05) is 18.2 Å². The first kappa shape index (κ1) is 18.9. The third kappa shape index (κ3) is 2.97. The molecule has 2 aromatic carbocycles. The van der Waals surface area contributed by atoms with E-state index >= 15 is 0 Å². The Kier molecular flexibility index (Phi) is 4.33. The number of H-pyrrole nitrogens is 1. The second kappa shape index (κ2) is 7.11. The lowest BCUT2D eigenvalue weighted by Crippen LogP contribution is -2.41. The van der Waals surface area contributed by atoms with Gasteiger partial charge in [0, 0.05) is 53.7 Å². The van der Waals surface area contributed by atoms with E-state index in [9.17, 15) is 4.79 Å². The van der Waals surface area contributed by atoms with E-state index in [1.807, 2.05) is 35.2 Å². The van der Waals surface area contributed by atoms with Gasteiger partial charge in [0.2, 0.25) is 0 Å². The molecule has 6 heteroatoms. The number of hydrogen-bond acceptors (Lipinski definition) is 4. The fraction of sp³-hybridized carbons (Fsp3) is 0.400. The Morgan fingerprint density at radius 3 is 2.90 bits per heavy atom. The van der Waals surface area contributed by atoms with E-state index in [0.29, 0.717) is 11.7 Å². The number of aromatic amines is 1. The fourth-order valence-electron chi connectivity index (χ4n) is 5.82. The standard InChI is InChI=1S/C25H28N4O2/c1-31-19-7-6-17-12-22(27-21(17)13-19)24(30)29-16-25(20-4-2-3-5-23(20)29)9-11-28(15-25)18-8-10-26-14-18/h2-7,12-13,18,26-27H,8-11,14-16H2,1H3/t18?,25-/m0/s1. The highest BCUT2D eigenvalue weighted by Gasteiger charge is 2.50. The molecule has 4 heterocycles. The van der Waals surface area contributed by atoms with Gasteiger partial charge in [-0.2, -0.15) is 0 Å². The Labute approximate surface area is 182 Å². The van der Waals surface area contributed by atoms with Gasteiger partial charge >= 0.3 is 0 Å². The molecule has 1 aromatic heterocycles. The van der Waals surface area contributed by atoms with Gasteiger partial charge in [0.25, 0.3) is 5.91 Å². The molecule has 0 saturated carbocycles. The van der Waals surface area contributed by atoms with Crippen molar-refractivity contribution in [2.24, 2.45) is 0 Å². The van der Waals surface area contributed by atoms with E-state index in [1.54, 1.807) is 7.11 Å². The predicted octanol–water partition coefficient (Wildman–Crippen LogP) is 3.14. The summed E-state index contributed by atoms with van der Waals surface area (Å²) in [5, 5.41) is 4.52. The molecule has 1 amide bonds. The smallest absolute Gasteiger partial charge is 0.274 e. The van der Waals surface area contributed by atoms with E-state index in [2.05, 4.69) is 33.4 Å². The molecule has 3 aromatic rings. The monoisotopic (exact) mass is 416 g/mol. The molecule has 2 N–H and O–H groups in total. The summed E-state index contributed by atoms with van der Waals surface area (Å²) >= 11 is 0. The first-order chi connectivity index (χ1) is 15.2. The summed E-state index contributed by atoms with van der Waals surface area (Å²) in [7, 11) is 1.66. The normalized spacial score (nSPS) is 25.6. The van der Waals surface area contributed by atoms with Crippen LogP contribution in [0.2, 0.25) is 0 Å². The van der Waals surface area contributed by atoms with E-state index in [1.165, 1.54) is 12.0 Å². The molecule has 1 spiro atoms. The highest BCUT2D eigenvalue weighted by molar-refractivity contribution is 6.09. The molecule has 3 aliphatic heterocycles. The third-order valence-corrected chi connectivity index (χ3v) is 7.47. The average Bonchev–Trinajstić information content (AvgIpc) is 3.59. The Bertz CT molecular complexity index is 1150. The van der Waals surface area contributed by atoms with Crippen LogP contribution in [0.3, 0.4) is 0 Å². The molecule has 0 aliphatic carbocycles. The number of aromatic nitrogens is 1. The maximum Gasteiger partial charge on any atom is 0.274 e. The Morgan fingerprint density at radius 1 is 1.16 bits per heavy atom. The quantitative estimate of drug-likeness (QED) is 0.689. The van der Waals surface area contributed by atoms with Gasteiger partial charge in [0.05, 0.1) is 7.11 Å². The van der Waals surface area contributed by atoms with Gasteiger partial charge in [-0.3, -0.25) is 9.69 Å². The number of nitrogens with zero attached hydrogens (tertiary/aromatic N) is 2. The van der Waals surface area contributed by atoms with E-state index in [-0.39, 0.29) is 11.3 Å². The molecular weight excluding hydrogens is 388 g/mol. The fourth-order valence-corrected chi connectivity index (χ4v) is 5.82. The van der Waals surface area contributed by atoms with Crippen molar-refractivity contribution >= 4 is 22.5 Å². The highest BCUT2D eigenvalue weighted by atomic mass is 16.5. The van der Waals surface area contributed by atoms with Crippen LogP contribution in [0.25, 0.3) is 10.9 Å². The van der Waals surface area contributed by atoms with Crippen LogP contribution < -0.4 is 15.0 Å². The number of rotatable bonds is 3. The maximum atomic E-state index is 13.7. The molecule has 2 fully saturated rings. The minimum absolute atomic E-state index is 0.0318. The number of methoxy groups -OCH3 is 1. The van der Waals surface area contributed by atoms with Crippen LogP contribution in [0.4, 0.5) is 5.69 Å². The van der Waals surface area contributed by atoms with Crippen molar-refractivity contribution in [3.63, 3.8) is 0 Å². The number of nitrogens with one attached hydrogen (secondary N) is 2. The number of para-hydroxylation sites is 1. The number of amides is 1. The lowest BCUT2D eigenvalue weighted by atomic mass is 9.81. The van der Waals surface area contributed by atoms with Crippen molar-refractivity contribution in [2.75, 3.05) is 44.7 Å². The summed E-state index contributed by atoms with van der Waals surface area (Å²) in [5.74, 6) is 0.826. The van der Waals surface area contributed by atoms with Gasteiger partial charge in [0.15, 0.2) is 0 Å². The van der Waals surface area contributed by atoms with Gasteiger partial charge in [-0.05, 0) is 55.8 Å². The molecule has 3 aliphatic rings. The number of ether oxygens (including phenoxy) is 1. The van der Waals surface area contributed by atoms with Crippen LogP contribution in [0.15, 0.2) is 48.5 Å². The second-order valence-corrected chi connectivity index (χ2v) is 9.19. The van der Waals surface area contributed by atoms with Crippen LogP contribution in [0.5, 0.6) is 5.75 Å².